The van der Waals surface area contributed by atoms with E-state index in [1.807, 2.05) is 17.7 Å². The lowest BCUT2D eigenvalue weighted by molar-refractivity contribution is 0.0655. The zero-order valence-corrected chi connectivity index (χ0v) is 14.9. The number of nitrogens with zero attached hydrogens (tertiary/aromatic N) is 4. The fourth-order valence-corrected chi connectivity index (χ4v) is 3.72. The van der Waals surface area contributed by atoms with Gasteiger partial charge in [-0.05, 0) is 30.7 Å². The average Bonchev–Trinajstić information content (AvgIpc) is 3.35. The molecule has 132 valence electrons. The van der Waals surface area contributed by atoms with E-state index in [-0.39, 0.29) is 11.8 Å². The number of imide groups is 1. The lowest BCUT2D eigenvalue weighted by Gasteiger charge is -2.13. The number of hydrogen-bond acceptors (Lipinski definition) is 6. The highest BCUT2D eigenvalue weighted by atomic mass is 32.2. The minimum absolute atomic E-state index is 0.214. The number of carbonyl (C=O) groups excluding carboxylic acids is 2. The summed E-state index contributed by atoms with van der Waals surface area (Å²) in [7, 11) is 1.88. The Bertz CT molecular complexity index is 930. The second-order valence-corrected chi connectivity index (χ2v) is 6.91. The summed E-state index contributed by atoms with van der Waals surface area (Å²) in [6, 6.07) is 10.6. The van der Waals surface area contributed by atoms with E-state index in [0.29, 0.717) is 35.7 Å². The monoisotopic (exact) mass is 368 g/mol. The highest BCUT2D eigenvalue weighted by molar-refractivity contribution is 7.99. The molecule has 0 aliphatic carbocycles. The Hall–Kier alpha value is -2.87. The van der Waals surface area contributed by atoms with E-state index in [2.05, 4.69) is 10.2 Å². The normalized spacial score (nSPS) is 13.5. The molecule has 0 saturated carbocycles. The minimum atomic E-state index is -0.214. The van der Waals surface area contributed by atoms with Crippen molar-refractivity contribution < 1.29 is 14.0 Å². The molecule has 1 aliphatic heterocycles. The number of rotatable bonds is 6. The van der Waals surface area contributed by atoms with Crippen molar-refractivity contribution >= 4 is 23.6 Å². The van der Waals surface area contributed by atoms with E-state index in [0.717, 1.165) is 10.9 Å². The molecule has 1 aliphatic rings. The van der Waals surface area contributed by atoms with Crippen LogP contribution in [0.3, 0.4) is 0 Å². The minimum Gasteiger partial charge on any atom is -0.461 e. The van der Waals surface area contributed by atoms with Gasteiger partial charge >= 0.3 is 0 Å². The van der Waals surface area contributed by atoms with Crippen molar-refractivity contribution in [1.82, 2.24) is 19.7 Å². The van der Waals surface area contributed by atoms with Gasteiger partial charge in [-0.1, -0.05) is 23.9 Å². The van der Waals surface area contributed by atoms with Crippen molar-refractivity contribution in [3.8, 4) is 11.6 Å². The maximum absolute atomic E-state index is 12.3. The van der Waals surface area contributed by atoms with Crippen molar-refractivity contribution in [2.75, 3.05) is 12.3 Å². The maximum atomic E-state index is 12.3. The molecular weight excluding hydrogens is 352 g/mol. The number of fused-ring (bicyclic) bond motifs is 1. The molecule has 7 nitrogen and oxygen atoms in total. The van der Waals surface area contributed by atoms with E-state index in [1.54, 1.807) is 36.6 Å². The lowest BCUT2D eigenvalue weighted by Crippen LogP contribution is -2.31. The first-order chi connectivity index (χ1) is 12.7. The van der Waals surface area contributed by atoms with Crippen LogP contribution in [0.15, 0.2) is 52.2 Å². The van der Waals surface area contributed by atoms with Crippen LogP contribution in [0.5, 0.6) is 0 Å². The molecule has 0 radical (unpaired) electrons. The first kappa shape index (κ1) is 16.6. The third-order valence-electron chi connectivity index (χ3n) is 4.21. The zero-order chi connectivity index (χ0) is 18.1. The van der Waals surface area contributed by atoms with Gasteiger partial charge in [0, 0.05) is 19.3 Å². The number of carbonyl (C=O) groups is 2. The topological polar surface area (TPSA) is 81.2 Å². The smallest absolute Gasteiger partial charge is 0.261 e. The molecule has 0 unspecified atom stereocenters. The molecule has 3 heterocycles. The highest BCUT2D eigenvalue weighted by Crippen LogP contribution is 2.25. The lowest BCUT2D eigenvalue weighted by atomic mass is 10.1. The van der Waals surface area contributed by atoms with E-state index in [9.17, 15) is 9.59 Å². The van der Waals surface area contributed by atoms with Gasteiger partial charge in [-0.2, -0.15) is 0 Å². The average molecular weight is 368 g/mol. The van der Waals surface area contributed by atoms with E-state index >= 15 is 0 Å². The van der Waals surface area contributed by atoms with Gasteiger partial charge in [-0.15, -0.1) is 10.2 Å². The number of amides is 2. The predicted octanol–water partition coefficient (Wildman–Crippen LogP) is 2.85. The number of furan rings is 1. The largest absolute Gasteiger partial charge is 0.461 e. The van der Waals surface area contributed by atoms with Gasteiger partial charge in [0.1, 0.15) is 0 Å². The molecule has 0 bridgehead atoms. The first-order valence-corrected chi connectivity index (χ1v) is 9.16. The van der Waals surface area contributed by atoms with Crippen molar-refractivity contribution in [2.24, 2.45) is 7.05 Å². The molecule has 4 rings (SSSR count). The van der Waals surface area contributed by atoms with E-state index in [4.69, 9.17) is 4.42 Å². The number of hydrogen-bond donors (Lipinski definition) is 0. The van der Waals surface area contributed by atoms with Gasteiger partial charge < -0.3 is 8.98 Å². The molecule has 2 aromatic heterocycles. The predicted molar refractivity (Wildman–Crippen MR) is 95.9 cm³/mol. The van der Waals surface area contributed by atoms with Crippen LogP contribution in [-0.4, -0.2) is 43.8 Å². The quantitative estimate of drug-likeness (QED) is 0.378. The first-order valence-electron chi connectivity index (χ1n) is 8.18. The summed E-state index contributed by atoms with van der Waals surface area (Å²) in [5.41, 5.74) is 0.975. The molecule has 0 saturated heterocycles. The third kappa shape index (κ3) is 2.82. The van der Waals surface area contributed by atoms with Gasteiger partial charge in [0.15, 0.2) is 16.7 Å². The van der Waals surface area contributed by atoms with Crippen LogP contribution in [0.4, 0.5) is 0 Å². The Balaban J connectivity index is 1.34. The molecule has 0 fully saturated rings. The molecular formula is C18H16N4O3S. The molecule has 0 spiro atoms. The Morgan fingerprint density at radius 1 is 1.04 bits per heavy atom. The van der Waals surface area contributed by atoms with Crippen LogP contribution < -0.4 is 0 Å². The number of thioether (sulfide) groups is 1. The second-order valence-electron chi connectivity index (χ2n) is 5.85. The van der Waals surface area contributed by atoms with Gasteiger partial charge in [0.2, 0.25) is 0 Å². The van der Waals surface area contributed by atoms with Crippen LogP contribution in [0, 0.1) is 0 Å². The van der Waals surface area contributed by atoms with Crippen molar-refractivity contribution in [3.05, 3.63) is 53.8 Å². The highest BCUT2D eigenvalue weighted by Gasteiger charge is 2.34. The number of benzene rings is 1. The molecule has 2 amide bonds. The van der Waals surface area contributed by atoms with Crippen LogP contribution in [0.2, 0.25) is 0 Å². The van der Waals surface area contributed by atoms with Crippen LogP contribution in [0.25, 0.3) is 11.6 Å². The van der Waals surface area contributed by atoms with Crippen molar-refractivity contribution in [1.29, 1.82) is 0 Å². The van der Waals surface area contributed by atoms with Gasteiger partial charge in [0.05, 0.1) is 17.4 Å². The molecule has 8 heteroatoms. The number of aromatic nitrogens is 3. The summed E-state index contributed by atoms with van der Waals surface area (Å²) in [4.78, 5) is 26.0. The SMILES string of the molecule is Cn1c(SCCCN2C(=O)c3ccccc3C2=O)nnc1-c1ccco1. The molecule has 26 heavy (non-hydrogen) atoms. The second kappa shape index (κ2) is 6.80. The Kier molecular flexibility index (Phi) is 4.34. The third-order valence-corrected chi connectivity index (χ3v) is 5.32. The molecule has 1 aromatic carbocycles. The molecule has 0 atom stereocenters. The van der Waals surface area contributed by atoms with Crippen LogP contribution in [0.1, 0.15) is 27.1 Å². The van der Waals surface area contributed by atoms with Crippen molar-refractivity contribution in [2.45, 2.75) is 11.6 Å². The van der Waals surface area contributed by atoms with E-state index < -0.39 is 0 Å². The van der Waals surface area contributed by atoms with E-state index in [1.165, 1.54) is 16.7 Å². The summed E-state index contributed by atoms with van der Waals surface area (Å²) in [5, 5.41) is 9.08. The van der Waals surface area contributed by atoms with Crippen LogP contribution in [-0.2, 0) is 7.05 Å². The molecule has 0 N–H and O–H groups in total. The van der Waals surface area contributed by atoms with Gasteiger partial charge in [-0.25, -0.2) is 0 Å². The summed E-state index contributed by atoms with van der Waals surface area (Å²) >= 11 is 1.53. The Labute approximate surface area is 154 Å². The van der Waals surface area contributed by atoms with Gasteiger partial charge in [0.25, 0.3) is 11.8 Å². The standard InChI is InChI=1S/C18H16N4O3S/c1-21-15(14-8-4-10-25-14)19-20-18(21)26-11-5-9-22-16(23)12-6-2-3-7-13(12)17(22)24/h2-4,6-8,10H,5,9,11H2,1H3. The maximum Gasteiger partial charge on any atom is 0.261 e. The van der Waals surface area contributed by atoms with Crippen molar-refractivity contribution in [3.63, 3.8) is 0 Å². The zero-order valence-electron chi connectivity index (χ0n) is 14.1. The molecule has 3 aromatic rings. The Morgan fingerprint density at radius 3 is 2.42 bits per heavy atom. The summed E-state index contributed by atoms with van der Waals surface area (Å²) in [5.74, 6) is 1.62. The fraction of sp³-hybridized carbons (Fsp3) is 0.222. The summed E-state index contributed by atoms with van der Waals surface area (Å²) < 4.78 is 7.21. The summed E-state index contributed by atoms with van der Waals surface area (Å²) in [6.45, 7) is 0.391. The van der Waals surface area contributed by atoms with Gasteiger partial charge in [-0.3, -0.25) is 14.5 Å². The fourth-order valence-electron chi connectivity index (χ4n) is 2.89. The van der Waals surface area contributed by atoms with Crippen LogP contribution >= 0.6 is 11.8 Å². The summed E-state index contributed by atoms with van der Waals surface area (Å²) in [6.07, 6.45) is 2.28. The Morgan fingerprint density at radius 2 is 1.77 bits per heavy atom.